The van der Waals surface area contributed by atoms with E-state index in [2.05, 4.69) is 16.7 Å². The van der Waals surface area contributed by atoms with Gasteiger partial charge in [0.1, 0.15) is 0 Å². The average Bonchev–Trinajstić information content (AvgIpc) is 2.53. The number of carbonyl (C=O) groups excluding carboxylic acids is 1. The molecule has 1 amide bonds. The molecule has 5 heteroatoms. The number of hydrogen-bond donors (Lipinski definition) is 0. The molecule has 1 aromatic rings. The third-order valence-corrected chi connectivity index (χ3v) is 4.71. The minimum absolute atomic E-state index is 0.118. The minimum Gasteiger partial charge on any atom is -0.339 e. The van der Waals surface area contributed by atoms with Crippen molar-refractivity contribution in [2.24, 2.45) is 0 Å². The fourth-order valence-electron chi connectivity index (χ4n) is 2.80. The summed E-state index contributed by atoms with van der Waals surface area (Å²) in [6, 6.07) is 7.69. The molecule has 0 radical (unpaired) electrons. The first-order chi connectivity index (χ1) is 10.5. The van der Waals surface area contributed by atoms with Crippen molar-refractivity contribution in [1.82, 2.24) is 14.7 Å². The van der Waals surface area contributed by atoms with Crippen LogP contribution in [0.15, 0.2) is 24.3 Å². The molecule has 1 saturated heterocycles. The Labute approximate surface area is 138 Å². The predicted molar refractivity (Wildman–Crippen MR) is 91.1 cm³/mol. The Hall–Kier alpha value is -1.10. The van der Waals surface area contributed by atoms with E-state index in [0.29, 0.717) is 0 Å². The summed E-state index contributed by atoms with van der Waals surface area (Å²) in [7, 11) is 1.99. The molecule has 0 N–H and O–H groups in total. The Bertz CT molecular complexity index is 500. The van der Waals surface area contributed by atoms with Gasteiger partial charge in [-0.2, -0.15) is 0 Å². The Balaban J connectivity index is 1.89. The zero-order valence-electron chi connectivity index (χ0n) is 13.8. The number of piperazine rings is 1. The number of hydrogen-bond acceptors (Lipinski definition) is 3. The second kappa shape index (κ2) is 7.95. The van der Waals surface area contributed by atoms with Crippen molar-refractivity contribution in [3.63, 3.8) is 0 Å². The summed E-state index contributed by atoms with van der Waals surface area (Å²) in [4.78, 5) is 19.1. The van der Waals surface area contributed by atoms with Crippen molar-refractivity contribution in [2.75, 3.05) is 39.8 Å². The fourth-order valence-corrected chi connectivity index (χ4v) is 3.01. The van der Waals surface area contributed by atoms with Crippen LogP contribution >= 0.6 is 11.6 Å². The maximum Gasteiger partial charge on any atom is 0.239 e. The lowest BCUT2D eigenvalue weighted by molar-refractivity contribution is -0.137. The summed E-state index contributed by atoms with van der Waals surface area (Å²) in [5.41, 5.74) is 1.13. The summed E-state index contributed by atoms with van der Waals surface area (Å²) in [5, 5.41) is 0.737. The number of nitrogens with zero attached hydrogens (tertiary/aromatic N) is 3. The van der Waals surface area contributed by atoms with Gasteiger partial charge in [0.25, 0.3) is 0 Å². The van der Waals surface area contributed by atoms with Crippen LogP contribution in [0, 0.1) is 0 Å². The second-order valence-electron chi connectivity index (χ2n) is 5.98. The maximum atomic E-state index is 12.6. The Morgan fingerprint density at radius 2 is 2.00 bits per heavy atom. The van der Waals surface area contributed by atoms with Gasteiger partial charge in [0.15, 0.2) is 0 Å². The summed E-state index contributed by atoms with van der Waals surface area (Å²) in [5.74, 6) is 0.222. The van der Waals surface area contributed by atoms with Crippen LogP contribution in [-0.4, -0.2) is 66.4 Å². The first-order valence-electron chi connectivity index (χ1n) is 7.97. The Morgan fingerprint density at radius 3 is 2.59 bits per heavy atom. The molecule has 0 saturated carbocycles. The maximum absolute atomic E-state index is 12.6. The molecule has 22 heavy (non-hydrogen) atoms. The molecular weight excluding hydrogens is 298 g/mol. The van der Waals surface area contributed by atoms with Gasteiger partial charge in [-0.25, -0.2) is 0 Å². The van der Waals surface area contributed by atoms with Crippen molar-refractivity contribution in [3.05, 3.63) is 34.9 Å². The first-order valence-corrected chi connectivity index (χ1v) is 8.35. The summed E-state index contributed by atoms with van der Waals surface area (Å²) in [6.07, 6.45) is 0. The van der Waals surface area contributed by atoms with E-state index in [-0.39, 0.29) is 11.9 Å². The molecule has 1 fully saturated rings. The topological polar surface area (TPSA) is 26.8 Å². The van der Waals surface area contributed by atoms with Crippen LogP contribution < -0.4 is 0 Å². The largest absolute Gasteiger partial charge is 0.339 e. The van der Waals surface area contributed by atoms with E-state index in [1.165, 1.54) is 0 Å². The molecule has 2 rings (SSSR count). The highest BCUT2D eigenvalue weighted by molar-refractivity contribution is 6.30. The van der Waals surface area contributed by atoms with Crippen LogP contribution in [-0.2, 0) is 11.3 Å². The van der Waals surface area contributed by atoms with Crippen molar-refractivity contribution >= 4 is 17.5 Å². The SMILES string of the molecule is CCN1CCN(C(=O)C(C)N(C)Cc2cccc(Cl)c2)CC1. The Kier molecular flexibility index (Phi) is 6.24. The molecule has 0 bridgehead atoms. The van der Waals surface area contributed by atoms with Gasteiger partial charge in [-0.15, -0.1) is 0 Å². The number of halogens is 1. The monoisotopic (exact) mass is 323 g/mol. The summed E-state index contributed by atoms with van der Waals surface area (Å²) < 4.78 is 0. The van der Waals surface area contributed by atoms with E-state index in [1.54, 1.807) is 0 Å². The molecular formula is C17H26ClN3O. The highest BCUT2D eigenvalue weighted by Gasteiger charge is 2.26. The van der Waals surface area contributed by atoms with Crippen LogP contribution in [0.1, 0.15) is 19.4 Å². The van der Waals surface area contributed by atoms with E-state index < -0.39 is 0 Å². The lowest BCUT2D eigenvalue weighted by Gasteiger charge is -2.37. The molecule has 1 unspecified atom stereocenters. The fraction of sp³-hybridized carbons (Fsp3) is 0.588. The van der Waals surface area contributed by atoms with Crippen LogP contribution in [0.3, 0.4) is 0 Å². The third kappa shape index (κ3) is 4.45. The van der Waals surface area contributed by atoms with Gasteiger partial charge in [0, 0.05) is 37.7 Å². The van der Waals surface area contributed by atoms with Gasteiger partial charge in [-0.1, -0.05) is 30.7 Å². The zero-order valence-corrected chi connectivity index (χ0v) is 14.5. The van der Waals surface area contributed by atoms with Crippen molar-refractivity contribution in [2.45, 2.75) is 26.4 Å². The normalized spacial score (nSPS) is 17.8. The highest BCUT2D eigenvalue weighted by Crippen LogP contribution is 2.14. The molecule has 1 aliphatic rings. The van der Waals surface area contributed by atoms with Crippen LogP contribution in [0.2, 0.25) is 5.02 Å². The zero-order chi connectivity index (χ0) is 16.1. The molecule has 122 valence electrons. The van der Waals surface area contributed by atoms with E-state index in [4.69, 9.17) is 11.6 Å². The van der Waals surface area contributed by atoms with Gasteiger partial charge >= 0.3 is 0 Å². The lowest BCUT2D eigenvalue weighted by atomic mass is 10.1. The standard InChI is InChI=1S/C17H26ClN3O/c1-4-20-8-10-21(11-9-20)17(22)14(2)19(3)13-15-6-5-7-16(18)12-15/h5-7,12,14H,4,8-11,13H2,1-3H3. The van der Waals surface area contributed by atoms with Crippen molar-refractivity contribution in [1.29, 1.82) is 0 Å². The van der Waals surface area contributed by atoms with E-state index in [9.17, 15) is 4.79 Å². The Morgan fingerprint density at radius 1 is 1.32 bits per heavy atom. The number of rotatable bonds is 5. The lowest BCUT2D eigenvalue weighted by Crippen LogP contribution is -2.53. The van der Waals surface area contributed by atoms with Gasteiger partial charge in [0.2, 0.25) is 5.91 Å². The number of carbonyl (C=O) groups is 1. The molecule has 0 aliphatic carbocycles. The number of benzene rings is 1. The van der Waals surface area contributed by atoms with Gasteiger partial charge in [-0.3, -0.25) is 9.69 Å². The molecule has 0 spiro atoms. The van der Waals surface area contributed by atoms with E-state index in [1.807, 2.05) is 43.1 Å². The number of likely N-dealkylation sites (N-methyl/N-ethyl adjacent to an activating group) is 2. The van der Waals surface area contributed by atoms with Crippen LogP contribution in [0.25, 0.3) is 0 Å². The molecule has 1 atom stereocenters. The molecule has 0 aromatic heterocycles. The minimum atomic E-state index is -0.118. The predicted octanol–water partition coefficient (Wildman–Crippen LogP) is 2.32. The molecule has 1 heterocycles. The van der Waals surface area contributed by atoms with Crippen LogP contribution in [0.5, 0.6) is 0 Å². The third-order valence-electron chi connectivity index (χ3n) is 4.47. The quantitative estimate of drug-likeness (QED) is 0.832. The molecule has 1 aliphatic heterocycles. The molecule has 1 aromatic carbocycles. The van der Waals surface area contributed by atoms with Crippen LogP contribution in [0.4, 0.5) is 0 Å². The average molecular weight is 324 g/mol. The first kappa shape index (κ1) is 17.3. The highest BCUT2D eigenvalue weighted by atomic mass is 35.5. The van der Waals surface area contributed by atoms with Crippen molar-refractivity contribution < 1.29 is 4.79 Å². The second-order valence-corrected chi connectivity index (χ2v) is 6.42. The summed E-state index contributed by atoms with van der Waals surface area (Å²) >= 11 is 6.02. The van der Waals surface area contributed by atoms with Gasteiger partial charge < -0.3 is 9.80 Å². The van der Waals surface area contributed by atoms with Gasteiger partial charge in [0.05, 0.1) is 6.04 Å². The van der Waals surface area contributed by atoms with E-state index in [0.717, 1.165) is 49.9 Å². The summed E-state index contributed by atoms with van der Waals surface area (Å²) in [6.45, 7) is 9.57. The van der Waals surface area contributed by atoms with Crippen molar-refractivity contribution in [3.8, 4) is 0 Å². The smallest absolute Gasteiger partial charge is 0.239 e. The van der Waals surface area contributed by atoms with E-state index >= 15 is 0 Å². The number of amides is 1. The molecule has 4 nitrogen and oxygen atoms in total. The van der Waals surface area contributed by atoms with Gasteiger partial charge in [-0.05, 0) is 38.2 Å².